The summed E-state index contributed by atoms with van der Waals surface area (Å²) in [6.07, 6.45) is 3.72. The molecule has 0 atom stereocenters. The highest BCUT2D eigenvalue weighted by Crippen LogP contribution is 2.11. The monoisotopic (exact) mass is 242 g/mol. The van der Waals surface area contributed by atoms with Gasteiger partial charge in [-0.25, -0.2) is 13.1 Å². The second kappa shape index (κ2) is 5.18. The summed E-state index contributed by atoms with van der Waals surface area (Å²) < 4.78 is 25.1. The number of sulfonamides is 1. The molecule has 0 aliphatic heterocycles. The zero-order valence-electron chi connectivity index (χ0n) is 9.23. The number of carbonyl (C=O) groups is 1. The minimum atomic E-state index is -3.53. The minimum absolute atomic E-state index is 0.0111. The zero-order valence-corrected chi connectivity index (χ0v) is 10.0. The largest absolute Gasteiger partial charge is 0.294 e. The van der Waals surface area contributed by atoms with Crippen molar-refractivity contribution in [3.8, 4) is 0 Å². The van der Waals surface area contributed by atoms with Gasteiger partial charge in [0.05, 0.1) is 0 Å². The quantitative estimate of drug-likeness (QED) is 0.781. The van der Waals surface area contributed by atoms with Gasteiger partial charge >= 0.3 is 0 Å². The molecule has 0 aliphatic carbocycles. The smallest absolute Gasteiger partial charge is 0.241 e. The first-order valence-electron chi connectivity index (χ1n) is 4.93. The van der Waals surface area contributed by atoms with Gasteiger partial charge in [-0.15, -0.1) is 0 Å². The molecule has 1 N–H and O–H groups in total. The second-order valence-electron chi connectivity index (χ2n) is 3.29. The fraction of sp³-hybridized carbons (Fsp3) is 0.400. The maximum atomic E-state index is 11.6. The van der Waals surface area contributed by atoms with Gasteiger partial charge in [0.25, 0.3) is 0 Å². The molecule has 1 aromatic heterocycles. The number of rotatable bonds is 5. The highest BCUT2D eigenvalue weighted by molar-refractivity contribution is 7.89. The van der Waals surface area contributed by atoms with E-state index in [9.17, 15) is 13.2 Å². The molecular formula is C10H14N2O3S. The van der Waals surface area contributed by atoms with Crippen molar-refractivity contribution < 1.29 is 13.2 Å². The number of nitrogens with zero attached hydrogens (tertiary/aromatic N) is 1. The van der Waals surface area contributed by atoms with Gasteiger partial charge in [-0.1, -0.05) is 6.92 Å². The molecule has 0 unspecified atom stereocenters. The molecule has 0 amide bonds. The van der Waals surface area contributed by atoms with E-state index in [1.165, 1.54) is 25.5 Å². The van der Waals surface area contributed by atoms with Crippen molar-refractivity contribution in [3.05, 3.63) is 24.0 Å². The maximum Gasteiger partial charge on any atom is 0.241 e. The van der Waals surface area contributed by atoms with Crippen molar-refractivity contribution in [2.75, 3.05) is 7.05 Å². The zero-order chi connectivity index (χ0) is 12.2. The van der Waals surface area contributed by atoms with Crippen LogP contribution in [0.1, 0.15) is 30.1 Å². The highest BCUT2D eigenvalue weighted by atomic mass is 32.2. The number of hydrogen-bond donors (Lipinski definition) is 1. The molecule has 1 rings (SSSR count). The van der Waals surface area contributed by atoms with Gasteiger partial charge in [-0.05, 0) is 19.5 Å². The van der Waals surface area contributed by atoms with Gasteiger partial charge in [-0.3, -0.25) is 9.78 Å². The molecule has 1 aromatic rings. The Morgan fingerprint density at radius 3 is 2.69 bits per heavy atom. The summed E-state index contributed by atoms with van der Waals surface area (Å²) in [5.74, 6) is -0.0943. The number of pyridine rings is 1. The van der Waals surface area contributed by atoms with Crippen molar-refractivity contribution in [3.63, 3.8) is 0 Å². The predicted octanol–water partition coefficient (Wildman–Crippen LogP) is 0.973. The molecule has 0 radical (unpaired) electrons. The van der Waals surface area contributed by atoms with E-state index in [2.05, 4.69) is 9.71 Å². The van der Waals surface area contributed by atoms with Gasteiger partial charge < -0.3 is 0 Å². The van der Waals surface area contributed by atoms with E-state index in [0.717, 1.165) is 6.42 Å². The van der Waals surface area contributed by atoms with Gasteiger partial charge in [0.1, 0.15) is 4.90 Å². The van der Waals surface area contributed by atoms with Crippen LogP contribution in [-0.4, -0.2) is 26.2 Å². The van der Waals surface area contributed by atoms with Crippen molar-refractivity contribution in [1.29, 1.82) is 0 Å². The van der Waals surface area contributed by atoms with Gasteiger partial charge in [0.2, 0.25) is 10.0 Å². The van der Waals surface area contributed by atoms with Crippen LogP contribution in [0, 0.1) is 0 Å². The normalized spacial score (nSPS) is 11.4. The van der Waals surface area contributed by atoms with Crippen molar-refractivity contribution in [1.82, 2.24) is 9.71 Å². The lowest BCUT2D eigenvalue weighted by molar-refractivity contribution is 0.0981. The average molecular weight is 242 g/mol. The lowest BCUT2D eigenvalue weighted by Gasteiger charge is -2.03. The third kappa shape index (κ3) is 2.86. The van der Waals surface area contributed by atoms with Crippen molar-refractivity contribution in [2.45, 2.75) is 24.7 Å². The van der Waals surface area contributed by atoms with Crippen LogP contribution in [0.4, 0.5) is 0 Å². The van der Waals surface area contributed by atoms with Crippen LogP contribution in [0.25, 0.3) is 0 Å². The second-order valence-corrected chi connectivity index (χ2v) is 5.18. The van der Waals surface area contributed by atoms with Crippen molar-refractivity contribution >= 4 is 15.8 Å². The van der Waals surface area contributed by atoms with E-state index in [4.69, 9.17) is 0 Å². The molecule has 0 spiro atoms. The standard InChI is InChI=1S/C10H14N2O3S/c1-3-4-10(13)8-5-9(7-12-6-8)16(14,15)11-2/h5-7,11H,3-4H2,1-2H3. The van der Waals surface area contributed by atoms with Gasteiger partial charge in [-0.2, -0.15) is 0 Å². The number of ketones is 1. The van der Waals surface area contributed by atoms with E-state index in [-0.39, 0.29) is 10.7 Å². The summed E-state index contributed by atoms with van der Waals surface area (Å²) in [5, 5.41) is 0. The van der Waals surface area contributed by atoms with Crippen LogP contribution in [-0.2, 0) is 10.0 Å². The Bertz CT molecular complexity index is 483. The first-order chi connectivity index (χ1) is 7.51. The maximum absolute atomic E-state index is 11.6. The predicted molar refractivity (Wildman–Crippen MR) is 59.7 cm³/mol. The Morgan fingerprint density at radius 2 is 2.12 bits per heavy atom. The fourth-order valence-electron chi connectivity index (χ4n) is 1.21. The van der Waals surface area contributed by atoms with E-state index >= 15 is 0 Å². The first-order valence-corrected chi connectivity index (χ1v) is 6.41. The summed E-state index contributed by atoms with van der Waals surface area (Å²) in [6, 6.07) is 1.34. The van der Waals surface area contributed by atoms with Crippen LogP contribution >= 0.6 is 0 Å². The Balaban J connectivity index is 3.10. The summed E-state index contributed by atoms with van der Waals surface area (Å²) in [4.78, 5) is 15.3. The molecule has 0 aromatic carbocycles. The molecule has 0 saturated carbocycles. The molecule has 5 nitrogen and oxygen atoms in total. The molecule has 16 heavy (non-hydrogen) atoms. The van der Waals surface area contributed by atoms with Crippen LogP contribution in [0.3, 0.4) is 0 Å². The van der Waals surface area contributed by atoms with Gasteiger partial charge in [0.15, 0.2) is 5.78 Å². The Labute approximate surface area is 94.9 Å². The van der Waals surface area contributed by atoms with E-state index in [0.29, 0.717) is 12.0 Å². The molecule has 0 bridgehead atoms. The lowest BCUT2D eigenvalue weighted by atomic mass is 10.1. The van der Waals surface area contributed by atoms with E-state index in [1.807, 2.05) is 6.92 Å². The number of nitrogens with one attached hydrogen (secondary N) is 1. The number of hydrogen-bond acceptors (Lipinski definition) is 4. The summed E-state index contributed by atoms with van der Waals surface area (Å²) in [5.41, 5.74) is 0.332. The SMILES string of the molecule is CCCC(=O)c1cncc(S(=O)(=O)NC)c1. The van der Waals surface area contributed by atoms with Crippen LogP contribution in [0.15, 0.2) is 23.4 Å². The van der Waals surface area contributed by atoms with Crippen LogP contribution in [0.5, 0.6) is 0 Å². The van der Waals surface area contributed by atoms with Crippen molar-refractivity contribution in [2.24, 2.45) is 0 Å². The molecule has 88 valence electrons. The Hall–Kier alpha value is -1.27. The molecular weight excluding hydrogens is 228 g/mol. The fourth-order valence-corrected chi connectivity index (χ4v) is 1.92. The summed E-state index contributed by atoms with van der Waals surface area (Å²) >= 11 is 0. The number of aromatic nitrogens is 1. The van der Waals surface area contributed by atoms with E-state index < -0.39 is 10.0 Å². The lowest BCUT2D eigenvalue weighted by Crippen LogP contribution is -2.19. The molecule has 0 saturated heterocycles. The highest BCUT2D eigenvalue weighted by Gasteiger charge is 2.14. The third-order valence-corrected chi connectivity index (χ3v) is 3.47. The molecule has 6 heteroatoms. The Morgan fingerprint density at radius 1 is 1.44 bits per heavy atom. The van der Waals surface area contributed by atoms with Gasteiger partial charge in [0, 0.05) is 24.4 Å². The molecule has 0 aliphatic rings. The van der Waals surface area contributed by atoms with Crippen LogP contribution < -0.4 is 4.72 Å². The first kappa shape index (κ1) is 12.8. The number of Topliss-reactive ketones (excluding diaryl/α,β-unsaturated/α-hetero) is 1. The number of carbonyl (C=O) groups excluding carboxylic acids is 1. The summed E-state index contributed by atoms with van der Waals surface area (Å²) in [7, 11) is -2.22. The van der Waals surface area contributed by atoms with E-state index in [1.54, 1.807) is 0 Å². The molecule has 1 heterocycles. The van der Waals surface area contributed by atoms with Crippen LogP contribution in [0.2, 0.25) is 0 Å². The molecule has 0 fully saturated rings. The topological polar surface area (TPSA) is 76.1 Å². The minimum Gasteiger partial charge on any atom is -0.294 e. The Kier molecular flexibility index (Phi) is 4.14. The average Bonchev–Trinajstić information content (AvgIpc) is 2.29. The summed E-state index contributed by atoms with van der Waals surface area (Å²) in [6.45, 7) is 1.89. The third-order valence-electron chi connectivity index (χ3n) is 2.09.